The molecule has 0 aromatic heterocycles. The molecule has 0 radical (unpaired) electrons. The van der Waals surface area contributed by atoms with Crippen molar-refractivity contribution in [1.82, 2.24) is 0 Å². The fourth-order valence-electron chi connectivity index (χ4n) is 2.35. The fourth-order valence-corrected chi connectivity index (χ4v) is 2.35. The normalized spacial score (nSPS) is 19.0. The zero-order chi connectivity index (χ0) is 12.5. The molecule has 2 rings (SSSR count). The number of halogens is 2. The molecule has 1 aliphatic rings. The minimum Gasteiger partial charge on any atom is -0.319 e. The van der Waals surface area contributed by atoms with Crippen LogP contribution < -0.4 is 5.73 Å². The Bertz CT molecular complexity index is 439. The third-order valence-electron chi connectivity index (χ3n) is 3.37. The molecule has 0 spiro atoms. The predicted molar refractivity (Wildman–Crippen MR) is 60.7 cm³/mol. The van der Waals surface area contributed by atoms with E-state index < -0.39 is 23.0 Å². The van der Waals surface area contributed by atoms with Gasteiger partial charge in [0.25, 0.3) is 0 Å². The van der Waals surface area contributed by atoms with Gasteiger partial charge in [0.1, 0.15) is 11.6 Å². The number of carbonyl (C=O) groups is 1. The minimum absolute atomic E-state index is 0.101. The van der Waals surface area contributed by atoms with E-state index in [0.29, 0.717) is 12.8 Å². The lowest BCUT2D eigenvalue weighted by Crippen LogP contribution is -2.49. The standard InChI is InChI=1S/C13H15F2NO/c14-9-4-5-10(11(15)8-9)12(17)13(16)6-2-1-3-7-13/h4-5,8H,1-3,6-7,16H2. The molecule has 1 aliphatic carbocycles. The Kier molecular flexibility index (Phi) is 3.24. The van der Waals surface area contributed by atoms with E-state index in [9.17, 15) is 13.6 Å². The predicted octanol–water partition coefficient (Wildman–Crippen LogP) is 2.81. The van der Waals surface area contributed by atoms with Crippen LogP contribution in [0.2, 0.25) is 0 Å². The first-order valence-electron chi connectivity index (χ1n) is 5.82. The van der Waals surface area contributed by atoms with E-state index in [1.54, 1.807) is 0 Å². The van der Waals surface area contributed by atoms with Crippen molar-refractivity contribution >= 4 is 5.78 Å². The quantitative estimate of drug-likeness (QED) is 0.806. The van der Waals surface area contributed by atoms with E-state index in [2.05, 4.69) is 0 Å². The van der Waals surface area contributed by atoms with Gasteiger partial charge in [-0.1, -0.05) is 19.3 Å². The second kappa shape index (κ2) is 4.53. The average Bonchev–Trinajstić information content (AvgIpc) is 2.29. The molecule has 0 amide bonds. The molecular weight excluding hydrogens is 224 g/mol. The van der Waals surface area contributed by atoms with Gasteiger partial charge in [-0.2, -0.15) is 0 Å². The summed E-state index contributed by atoms with van der Waals surface area (Å²) in [6.45, 7) is 0. The lowest BCUT2D eigenvalue weighted by atomic mass is 9.77. The van der Waals surface area contributed by atoms with Gasteiger partial charge in [0, 0.05) is 6.07 Å². The molecule has 1 aromatic rings. The van der Waals surface area contributed by atoms with Crippen molar-refractivity contribution in [3.05, 3.63) is 35.4 Å². The molecule has 4 heteroatoms. The monoisotopic (exact) mass is 239 g/mol. The van der Waals surface area contributed by atoms with E-state index in [0.717, 1.165) is 31.4 Å². The molecule has 2 N–H and O–H groups in total. The molecule has 2 nitrogen and oxygen atoms in total. The van der Waals surface area contributed by atoms with Crippen LogP contribution >= 0.6 is 0 Å². The van der Waals surface area contributed by atoms with Crippen molar-refractivity contribution in [3.8, 4) is 0 Å². The summed E-state index contributed by atoms with van der Waals surface area (Å²) in [5, 5.41) is 0. The summed E-state index contributed by atoms with van der Waals surface area (Å²) in [5.74, 6) is -1.92. The first-order chi connectivity index (χ1) is 8.03. The van der Waals surface area contributed by atoms with E-state index in [-0.39, 0.29) is 5.56 Å². The maximum Gasteiger partial charge on any atom is 0.185 e. The maximum absolute atomic E-state index is 13.5. The van der Waals surface area contributed by atoms with Gasteiger partial charge in [0.2, 0.25) is 0 Å². The zero-order valence-electron chi connectivity index (χ0n) is 9.51. The molecule has 0 saturated heterocycles. The van der Waals surface area contributed by atoms with Crippen molar-refractivity contribution in [2.45, 2.75) is 37.6 Å². The largest absolute Gasteiger partial charge is 0.319 e. The summed E-state index contributed by atoms with van der Waals surface area (Å²) in [6, 6.07) is 2.98. The molecule has 0 heterocycles. The van der Waals surface area contributed by atoms with Crippen molar-refractivity contribution in [2.75, 3.05) is 0 Å². The zero-order valence-corrected chi connectivity index (χ0v) is 9.51. The number of ketones is 1. The third kappa shape index (κ3) is 2.36. The van der Waals surface area contributed by atoms with Gasteiger partial charge in [0.05, 0.1) is 11.1 Å². The highest BCUT2D eigenvalue weighted by atomic mass is 19.1. The number of hydrogen-bond donors (Lipinski definition) is 1. The van der Waals surface area contributed by atoms with Gasteiger partial charge < -0.3 is 5.73 Å². The Morgan fingerprint density at radius 2 is 1.82 bits per heavy atom. The van der Waals surface area contributed by atoms with Crippen LogP contribution in [0.4, 0.5) is 8.78 Å². The molecule has 1 fully saturated rings. The highest BCUT2D eigenvalue weighted by Gasteiger charge is 2.36. The fraction of sp³-hybridized carbons (Fsp3) is 0.462. The van der Waals surface area contributed by atoms with Crippen LogP contribution in [0.5, 0.6) is 0 Å². The summed E-state index contributed by atoms with van der Waals surface area (Å²) in [5.41, 5.74) is 4.96. The van der Waals surface area contributed by atoms with Gasteiger partial charge in [-0.25, -0.2) is 8.78 Å². The first kappa shape index (κ1) is 12.2. The van der Waals surface area contributed by atoms with Gasteiger partial charge in [-0.15, -0.1) is 0 Å². The van der Waals surface area contributed by atoms with Crippen LogP contribution in [-0.2, 0) is 0 Å². The molecule has 1 saturated carbocycles. The molecule has 1 aromatic carbocycles. The Morgan fingerprint density at radius 1 is 1.18 bits per heavy atom. The van der Waals surface area contributed by atoms with Crippen molar-refractivity contribution < 1.29 is 13.6 Å². The molecule has 0 bridgehead atoms. The summed E-state index contributed by atoms with van der Waals surface area (Å²) in [6.07, 6.45) is 3.96. The van der Waals surface area contributed by atoms with Gasteiger partial charge in [-0.3, -0.25) is 4.79 Å². The number of hydrogen-bond acceptors (Lipinski definition) is 2. The molecule has 0 aliphatic heterocycles. The second-order valence-electron chi connectivity index (χ2n) is 4.67. The highest BCUT2D eigenvalue weighted by molar-refractivity contribution is 6.03. The second-order valence-corrected chi connectivity index (χ2v) is 4.67. The maximum atomic E-state index is 13.5. The van der Waals surface area contributed by atoms with Gasteiger partial charge >= 0.3 is 0 Å². The SMILES string of the molecule is NC1(C(=O)c2ccc(F)cc2F)CCCCC1. The lowest BCUT2D eigenvalue weighted by Gasteiger charge is -2.31. The van der Waals surface area contributed by atoms with Crippen molar-refractivity contribution in [3.63, 3.8) is 0 Å². The summed E-state index contributed by atoms with van der Waals surface area (Å²) in [4.78, 5) is 12.2. The summed E-state index contributed by atoms with van der Waals surface area (Å²) < 4.78 is 26.3. The average molecular weight is 239 g/mol. The lowest BCUT2D eigenvalue weighted by molar-refractivity contribution is 0.0843. The van der Waals surface area contributed by atoms with Gasteiger partial charge in [-0.05, 0) is 25.0 Å². The Hall–Kier alpha value is -1.29. The molecular formula is C13H15F2NO. The van der Waals surface area contributed by atoms with Crippen LogP contribution in [0, 0.1) is 11.6 Å². The van der Waals surface area contributed by atoms with Crippen molar-refractivity contribution in [1.29, 1.82) is 0 Å². The van der Waals surface area contributed by atoms with Crippen LogP contribution in [0.1, 0.15) is 42.5 Å². The summed E-state index contributed by atoms with van der Waals surface area (Å²) >= 11 is 0. The molecule has 17 heavy (non-hydrogen) atoms. The number of Topliss-reactive ketones (excluding diaryl/α,β-unsaturated/α-hetero) is 1. The first-order valence-corrected chi connectivity index (χ1v) is 5.82. The van der Waals surface area contributed by atoms with E-state index in [4.69, 9.17) is 5.73 Å². The van der Waals surface area contributed by atoms with Crippen LogP contribution in [0.3, 0.4) is 0 Å². The third-order valence-corrected chi connectivity index (χ3v) is 3.37. The van der Waals surface area contributed by atoms with E-state index >= 15 is 0 Å². The molecule has 0 atom stereocenters. The van der Waals surface area contributed by atoms with Crippen LogP contribution in [-0.4, -0.2) is 11.3 Å². The molecule has 92 valence electrons. The van der Waals surface area contributed by atoms with Gasteiger partial charge in [0.15, 0.2) is 5.78 Å². The number of nitrogens with two attached hydrogens (primary N) is 1. The minimum atomic E-state index is -0.975. The van der Waals surface area contributed by atoms with E-state index in [1.807, 2.05) is 0 Å². The smallest absolute Gasteiger partial charge is 0.185 e. The number of carbonyl (C=O) groups excluding carboxylic acids is 1. The number of rotatable bonds is 2. The Labute approximate surface area is 98.8 Å². The summed E-state index contributed by atoms with van der Waals surface area (Å²) in [7, 11) is 0. The Morgan fingerprint density at radius 3 is 2.41 bits per heavy atom. The number of benzene rings is 1. The topological polar surface area (TPSA) is 43.1 Å². The highest BCUT2D eigenvalue weighted by Crippen LogP contribution is 2.29. The van der Waals surface area contributed by atoms with E-state index in [1.165, 1.54) is 6.07 Å². The molecule has 0 unspecified atom stereocenters. The van der Waals surface area contributed by atoms with Crippen molar-refractivity contribution in [2.24, 2.45) is 5.73 Å². The van der Waals surface area contributed by atoms with Crippen LogP contribution in [0.15, 0.2) is 18.2 Å². The Balaban J connectivity index is 2.30. The van der Waals surface area contributed by atoms with Crippen LogP contribution in [0.25, 0.3) is 0 Å².